The quantitative estimate of drug-likeness (QED) is 0.315. The highest BCUT2D eigenvalue weighted by atomic mass is 16.2. The molecular weight excluding hydrogens is 220 g/mol. The third-order valence-corrected chi connectivity index (χ3v) is 3.43. The van der Waals surface area contributed by atoms with Gasteiger partial charge in [0.25, 0.3) is 0 Å². The lowest BCUT2D eigenvalue weighted by Crippen LogP contribution is -1.84. The van der Waals surface area contributed by atoms with Gasteiger partial charge in [0.05, 0.1) is 0 Å². The van der Waals surface area contributed by atoms with Crippen molar-refractivity contribution in [1.82, 2.24) is 0 Å². The van der Waals surface area contributed by atoms with E-state index in [0.29, 0.717) is 6.61 Å². The minimum Gasteiger partial charge on any atom is -0.396 e. The molecular formula is C17H34O. The average Bonchev–Trinajstić information content (AvgIpc) is 2.39. The maximum Gasteiger partial charge on any atom is 0.0431 e. The van der Waals surface area contributed by atoms with E-state index >= 15 is 0 Å². The zero-order valence-electron chi connectivity index (χ0n) is 12.5. The molecule has 18 heavy (non-hydrogen) atoms. The van der Waals surface area contributed by atoms with Gasteiger partial charge in [-0.15, -0.1) is 0 Å². The first-order chi connectivity index (χ1) is 8.91. The maximum atomic E-state index is 8.65. The number of hydrogen-bond acceptors (Lipinski definition) is 1. The number of aliphatic hydroxyl groups is 1. The van der Waals surface area contributed by atoms with Crippen molar-refractivity contribution < 1.29 is 5.11 Å². The first-order valence-electron chi connectivity index (χ1n) is 8.17. The highest BCUT2D eigenvalue weighted by molar-refractivity contribution is 4.79. The van der Waals surface area contributed by atoms with Crippen molar-refractivity contribution in [2.45, 2.75) is 90.4 Å². The van der Waals surface area contributed by atoms with E-state index in [2.05, 4.69) is 19.1 Å². The Bertz CT molecular complexity index is 163. The summed E-state index contributed by atoms with van der Waals surface area (Å²) >= 11 is 0. The molecule has 0 saturated heterocycles. The molecule has 1 heteroatoms. The summed E-state index contributed by atoms with van der Waals surface area (Å²) in [5.74, 6) is 0. The lowest BCUT2D eigenvalue weighted by atomic mass is 10.1. The van der Waals surface area contributed by atoms with E-state index in [0.717, 1.165) is 6.42 Å². The van der Waals surface area contributed by atoms with Gasteiger partial charge < -0.3 is 5.11 Å². The Balaban J connectivity index is 2.92. The summed E-state index contributed by atoms with van der Waals surface area (Å²) < 4.78 is 0. The van der Waals surface area contributed by atoms with Gasteiger partial charge in [-0.1, -0.05) is 76.9 Å². The van der Waals surface area contributed by atoms with Gasteiger partial charge in [-0.05, 0) is 25.7 Å². The first kappa shape index (κ1) is 17.7. The largest absolute Gasteiger partial charge is 0.396 e. The Kier molecular flexibility index (Phi) is 16.4. The highest BCUT2D eigenvalue weighted by Crippen LogP contribution is 2.12. The summed E-state index contributed by atoms with van der Waals surface area (Å²) in [5, 5.41) is 8.65. The highest BCUT2D eigenvalue weighted by Gasteiger charge is 1.92. The van der Waals surface area contributed by atoms with Gasteiger partial charge in [0.2, 0.25) is 0 Å². The van der Waals surface area contributed by atoms with E-state index in [9.17, 15) is 0 Å². The number of hydrogen-bond donors (Lipinski definition) is 1. The minimum atomic E-state index is 0.368. The number of allylic oxidation sites excluding steroid dienone is 2. The zero-order chi connectivity index (χ0) is 13.3. The molecule has 0 aliphatic heterocycles. The molecule has 0 aliphatic carbocycles. The van der Waals surface area contributed by atoms with Gasteiger partial charge in [-0.25, -0.2) is 0 Å². The molecule has 0 aliphatic rings. The van der Waals surface area contributed by atoms with E-state index in [1.54, 1.807) is 0 Å². The second-order valence-corrected chi connectivity index (χ2v) is 5.28. The van der Waals surface area contributed by atoms with Crippen LogP contribution < -0.4 is 0 Å². The molecule has 0 spiro atoms. The predicted octanol–water partition coefficient (Wildman–Crippen LogP) is 5.63. The summed E-state index contributed by atoms with van der Waals surface area (Å²) in [4.78, 5) is 0. The molecule has 1 N–H and O–H groups in total. The fourth-order valence-corrected chi connectivity index (χ4v) is 2.25. The van der Waals surface area contributed by atoms with E-state index < -0.39 is 0 Å². The van der Waals surface area contributed by atoms with E-state index in [1.165, 1.54) is 77.0 Å². The molecule has 0 aromatic heterocycles. The average molecular weight is 254 g/mol. The van der Waals surface area contributed by atoms with Gasteiger partial charge in [-0.2, -0.15) is 0 Å². The van der Waals surface area contributed by atoms with E-state index in [4.69, 9.17) is 5.11 Å². The fourth-order valence-electron chi connectivity index (χ4n) is 2.25. The summed E-state index contributed by atoms with van der Waals surface area (Å²) in [6.45, 7) is 2.56. The van der Waals surface area contributed by atoms with Crippen LogP contribution in [0.1, 0.15) is 90.4 Å². The van der Waals surface area contributed by atoms with Crippen LogP contribution in [0.4, 0.5) is 0 Å². The third kappa shape index (κ3) is 15.7. The lowest BCUT2D eigenvalue weighted by molar-refractivity contribution is 0.282. The Morgan fingerprint density at radius 1 is 0.611 bits per heavy atom. The van der Waals surface area contributed by atoms with Crippen LogP contribution in [0.5, 0.6) is 0 Å². The van der Waals surface area contributed by atoms with Gasteiger partial charge >= 0.3 is 0 Å². The molecule has 0 unspecified atom stereocenters. The molecule has 108 valence electrons. The van der Waals surface area contributed by atoms with Gasteiger partial charge in [-0.3, -0.25) is 0 Å². The molecule has 0 atom stereocenters. The van der Waals surface area contributed by atoms with E-state index in [1.807, 2.05) is 0 Å². The summed E-state index contributed by atoms with van der Waals surface area (Å²) in [6.07, 6.45) is 21.8. The van der Waals surface area contributed by atoms with Crippen molar-refractivity contribution in [3.05, 3.63) is 12.2 Å². The second-order valence-electron chi connectivity index (χ2n) is 5.28. The normalized spacial score (nSPS) is 11.4. The molecule has 0 fully saturated rings. The molecule has 1 nitrogen and oxygen atoms in total. The summed E-state index contributed by atoms with van der Waals surface area (Å²) in [5.41, 5.74) is 0. The Morgan fingerprint density at radius 2 is 1.06 bits per heavy atom. The van der Waals surface area contributed by atoms with Gasteiger partial charge in [0.1, 0.15) is 0 Å². The monoisotopic (exact) mass is 254 g/mol. The van der Waals surface area contributed by atoms with Crippen LogP contribution in [0.2, 0.25) is 0 Å². The fraction of sp³-hybridized carbons (Fsp3) is 0.882. The molecule has 0 heterocycles. The van der Waals surface area contributed by atoms with Crippen molar-refractivity contribution in [3.63, 3.8) is 0 Å². The van der Waals surface area contributed by atoms with Crippen LogP contribution in [0.25, 0.3) is 0 Å². The van der Waals surface area contributed by atoms with Gasteiger partial charge in [0, 0.05) is 6.61 Å². The van der Waals surface area contributed by atoms with Crippen LogP contribution in [-0.2, 0) is 0 Å². The predicted molar refractivity (Wildman–Crippen MR) is 81.9 cm³/mol. The maximum absolute atomic E-state index is 8.65. The molecule has 0 radical (unpaired) electrons. The number of rotatable bonds is 14. The SMILES string of the molecule is CC/C=C/CCCCCCCCCCCCCO. The first-order valence-corrected chi connectivity index (χ1v) is 8.17. The minimum absolute atomic E-state index is 0.368. The third-order valence-electron chi connectivity index (χ3n) is 3.43. The Morgan fingerprint density at radius 3 is 1.50 bits per heavy atom. The van der Waals surface area contributed by atoms with Crippen LogP contribution in [-0.4, -0.2) is 11.7 Å². The van der Waals surface area contributed by atoms with Crippen LogP contribution in [0, 0.1) is 0 Å². The zero-order valence-corrected chi connectivity index (χ0v) is 12.5. The second kappa shape index (κ2) is 16.7. The lowest BCUT2D eigenvalue weighted by Gasteiger charge is -2.02. The standard InChI is InChI=1S/C17H34O/c1-2-3-4-5-6-7-8-9-10-11-12-13-14-15-16-17-18/h3-4,18H,2,5-17H2,1H3/b4-3+. The smallest absolute Gasteiger partial charge is 0.0431 e. The summed E-state index contributed by atoms with van der Waals surface area (Å²) in [7, 11) is 0. The molecule has 0 amide bonds. The van der Waals surface area contributed by atoms with Crippen molar-refractivity contribution in [3.8, 4) is 0 Å². The molecule has 0 aromatic rings. The van der Waals surface area contributed by atoms with Crippen LogP contribution in [0.15, 0.2) is 12.2 Å². The molecule has 0 aromatic carbocycles. The van der Waals surface area contributed by atoms with Crippen molar-refractivity contribution in [2.75, 3.05) is 6.61 Å². The Hall–Kier alpha value is -0.300. The Labute approximate surface area is 115 Å². The van der Waals surface area contributed by atoms with Crippen LogP contribution >= 0.6 is 0 Å². The van der Waals surface area contributed by atoms with E-state index in [-0.39, 0.29) is 0 Å². The van der Waals surface area contributed by atoms with Gasteiger partial charge in [0.15, 0.2) is 0 Å². The molecule has 0 bridgehead atoms. The molecule has 0 saturated carbocycles. The number of unbranched alkanes of at least 4 members (excludes halogenated alkanes) is 11. The topological polar surface area (TPSA) is 20.2 Å². The van der Waals surface area contributed by atoms with Crippen LogP contribution in [0.3, 0.4) is 0 Å². The molecule has 0 rings (SSSR count). The van der Waals surface area contributed by atoms with Crippen molar-refractivity contribution >= 4 is 0 Å². The summed E-state index contributed by atoms with van der Waals surface area (Å²) in [6, 6.07) is 0. The number of aliphatic hydroxyl groups excluding tert-OH is 1. The van der Waals surface area contributed by atoms with Crippen molar-refractivity contribution in [1.29, 1.82) is 0 Å². The van der Waals surface area contributed by atoms with Crippen molar-refractivity contribution in [2.24, 2.45) is 0 Å².